The minimum absolute atomic E-state index is 0.114. The molecule has 1 aliphatic rings. The highest BCUT2D eigenvalue weighted by molar-refractivity contribution is 5.84. The third kappa shape index (κ3) is 2.37. The number of nitriles is 1. The molecule has 1 atom stereocenters. The summed E-state index contributed by atoms with van der Waals surface area (Å²) in [5.41, 5.74) is 4.02. The van der Waals surface area contributed by atoms with Crippen molar-refractivity contribution in [1.82, 2.24) is 9.55 Å². The number of ether oxygens (including phenoxy) is 2. The van der Waals surface area contributed by atoms with Gasteiger partial charge >= 0.3 is 0 Å². The van der Waals surface area contributed by atoms with Gasteiger partial charge in [-0.25, -0.2) is 4.98 Å². The Labute approximate surface area is 140 Å². The molecular formula is C19H17N3O2. The van der Waals surface area contributed by atoms with E-state index in [0.717, 1.165) is 33.9 Å². The Kier molecular flexibility index (Phi) is 3.39. The molecule has 0 fully saturated rings. The van der Waals surface area contributed by atoms with E-state index in [1.54, 1.807) is 0 Å². The van der Waals surface area contributed by atoms with Crippen LogP contribution in [0, 0.1) is 24.2 Å². The predicted octanol–water partition coefficient (Wildman–Crippen LogP) is 3.90. The molecule has 120 valence electrons. The summed E-state index contributed by atoms with van der Waals surface area (Å²) in [5.74, 6) is 2.19. The van der Waals surface area contributed by atoms with Crippen LogP contribution in [0.25, 0.3) is 22.4 Å². The molecule has 5 nitrogen and oxygen atoms in total. The van der Waals surface area contributed by atoms with Gasteiger partial charge in [0.25, 0.3) is 0 Å². The van der Waals surface area contributed by atoms with Gasteiger partial charge in [-0.05, 0) is 19.9 Å². The number of imidazole rings is 1. The molecule has 0 radical (unpaired) electrons. The molecule has 0 spiro atoms. The third-order valence-corrected chi connectivity index (χ3v) is 4.20. The summed E-state index contributed by atoms with van der Waals surface area (Å²) in [6, 6.07) is 14.4. The maximum absolute atomic E-state index is 9.24. The number of benzene rings is 2. The van der Waals surface area contributed by atoms with E-state index in [0.29, 0.717) is 6.54 Å². The van der Waals surface area contributed by atoms with Crippen LogP contribution in [0.5, 0.6) is 11.5 Å². The van der Waals surface area contributed by atoms with Crippen LogP contribution in [-0.4, -0.2) is 16.3 Å². The van der Waals surface area contributed by atoms with Gasteiger partial charge in [-0.3, -0.25) is 0 Å². The normalized spacial score (nSPS) is 13.9. The van der Waals surface area contributed by atoms with Crippen LogP contribution in [-0.2, 0) is 6.54 Å². The largest absolute Gasteiger partial charge is 0.454 e. The number of hydrogen-bond acceptors (Lipinski definition) is 4. The van der Waals surface area contributed by atoms with Crippen molar-refractivity contribution < 1.29 is 9.47 Å². The van der Waals surface area contributed by atoms with Crippen LogP contribution < -0.4 is 9.47 Å². The summed E-state index contributed by atoms with van der Waals surface area (Å²) in [6.07, 6.45) is 0. The quantitative estimate of drug-likeness (QED) is 0.734. The number of aromatic nitrogens is 2. The molecule has 0 aliphatic carbocycles. The first-order chi connectivity index (χ1) is 11.7. The Hall–Kier alpha value is -3.00. The fourth-order valence-corrected chi connectivity index (χ4v) is 3.02. The van der Waals surface area contributed by atoms with Crippen LogP contribution in [0.15, 0.2) is 36.4 Å². The smallest absolute Gasteiger partial charge is 0.231 e. The van der Waals surface area contributed by atoms with E-state index in [-0.39, 0.29) is 12.7 Å². The van der Waals surface area contributed by atoms with Gasteiger partial charge in [-0.2, -0.15) is 5.26 Å². The molecule has 24 heavy (non-hydrogen) atoms. The molecule has 0 N–H and O–H groups in total. The van der Waals surface area contributed by atoms with Crippen molar-refractivity contribution in [3.05, 3.63) is 42.0 Å². The van der Waals surface area contributed by atoms with Gasteiger partial charge in [-0.15, -0.1) is 0 Å². The second-order valence-corrected chi connectivity index (χ2v) is 6.14. The maximum atomic E-state index is 9.24. The Morgan fingerprint density at radius 3 is 2.79 bits per heavy atom. The minimum Gasteiger partial charge on any atom is -0.454 e. The average Bonchev–Trinajstić information content (AvgIpc) is 3.17. The number of aryl methyl sites for hydroxylation is 1. The average molecular weight is 319 g/mol. The number of rotatable bonds is 3. The zero-order valence-corrected chi connectivity index (χ0v) is 13.6. The standard InChI is InChI=1S/C19H17N3O2/c1-12-4-3-5-14(6-12)19-21-15-7-17-18(24-11-23-17)8-16(15)22(19)10-13(2)9-20/h3-8,13H,10-11H2,1-2H3. The van der Waals surface area contributed by atoms with Crippen molar-refractivity contribution in [2.75, 3.05) is 6.79 Å². The summed E-state index contributed by atoms with van der Waals surface area (Å²) in [5, 5.41) is 9.24. The molecule has 1 aromatic heterocycles. The van der Waals surface area contributed by atoms with E-state index in [9.17, 15) is 5.26 Å². The molecule has 1 aliphatic heterocycles. The van der Waals surface area contributed by atoms with Gasteiger partial charge in [0.2, 0.25) is 6.79 Å². The molecule has 0 amide bonds. The molecule has 2 heterocycles. The molecule has 1 unspecified atom stereocenters. The second kappa shape index (κ2) is 5.57. The summed E-state index contributed by atoms with van der Waals surface area (Å²) >= 11 is 0. The second-order valence-electron chi connectivity index (χ2n) is 6.14. The molecule has 3 aromatic rings. The SMILES string of the molecule is Cc1cccc(-c2nc3cc4c(cc3n2CC(C)C#N)OCO4)c1. The fourth-order valence-electron chi connectivity index (χ4n) is 3.02. The van der Waals surface area contributed by atoms with E-state index in [2.05, 4.69) is 29.7 Å². The highest BCUT2D eigenvalue weighted by Crippen LogP contribution is 2.37. The summed E-state index contributed by atoms with van der Waals surface area (Å²) in [6.45, 7) is 4.79. The number of nitrogens with zero attached hydrogens (tertiary/aromatic N) is 3. The van der Waals surface area contributed by atoms with Crippen LogP contribution in [0.3, 0.4) is 0 Å². The van der Waals surface area contributed by atoms with E-state index < -0.39 is 0 Å². The Morgan fingerprint density at radius 1 is 1.25 bits per heavy atom. The highest BCUT2D eigenvalue weighted by Gasteiger charge is 2.20. The zero-order chi connectivity index (χ0) is 16.7. The van der Waals surface area contributed by atoms with Crippen LogP contribution in [0.2, 0.25) is 0 Å². The maximum Gasteiger partial charge on any atom is 0.231 e. The Morgan fingerprint density at radius 2 is 2.04 bits per heavy atom. The van der Waals surface area contributed by atoms with Gasteiger partial charge in [-0.1, -0.05) is 23.8 Å². The molecule has 0 bridgehead atoms. The molecule has 5 heteroatoms. The number of hydrogen-bond donors (Lipinski definition) is 0. The lowest BCUT2D eigenvalue weighted by Gasteiger charge is -2.11. The zero-order valence-electron chi connectivity index (χ0n) is 13.6. The van der Waals surface area contributed by atoms with Crippen molar-refractivity contribution in [3.8, 4) is 29.0 Å². The lowest BCUT2D eigenvalue weighted by molar-refractivity contribution is 0.174. The summed E-state index contributed by atoms with van der Waals surface area (Å²) < 4.78 is 13.1. The summed E-state index contributed by atoms with van der Waals surface area (Å²) in [4.78, 5) is 4.81. The first-order valence-electron chi connectivity index (χ1n) is 7.92. The van der Waals surface area contributed by atoms with Crippen LogP contribution in [0.4, 0.5) is 0 Å². The van der Waals surface area contributed by atoms with Crippen molar-refractivity contribution in [3.63, 3.8) is 0 Å². The lowest BCUT2D eigenvalue weighted by atomic mass is 10.1. The predicted molar refractivity (Wildman–Crippen MR) is 90.8 cm³/mol. The summed E-state index contributed by atoms with van der Waals surface area (Å²) in [7, 11) is 0. The van der Waals surface area contributed by atoms with Crippen molar-refractivity contribution in [2.24, 2.45) is 5.92 Å². The molecule has 0 saturated heterocycles. The van der Waals surface area contributed by atoms with Crippen molar-refractivity contribution >= 4 is 11.0 Å². The molecule has 0 saturated carbocycles. The monoisotopic (exact) mass is 319 g/mol. The van der Waals surface area contributed by atoms with Crippen LogP contribution in [0.1, 0.15) is 12.5 Å². The molecule has 2 aromatic carbocycles. The lowest BCUT2D eigenvalue weighted by Crippen LogP contribution is -2.07. The van der Waals surface area contributed by atoms with Gasteiger partial charge in [0, 0.05) is 24.2 Å². The van der Waals surface area contributed by atoms with E-state index in [1.165, 1.54) is 5.56 Å². The van der Waals surface area contributed by atoms with E-state index >= 15 is 0 Å². The van der Waals surface area contributed by atoms with E-state index in [1.807, 2.05) is 31.2 Å². The number of fused-ring (bicyclic) bond motifs is 2. The molecular weight excluding hydrogens is 302 g/mol. The van der Waals surface area contributed by atoms with Gasteiger partial charge in [0.05, 0.1) is 23.0 Å². The Bertz CT molecular complexity index is 969. The first-order valence-corrected chi connectivity index (χ1v) is 7.92. The van der Waals surface area contributed by atoms with Gasteiger partial charge in [0.15, 0.2) is 11.5 Å². The first kappa shape index (κ1) is 14.6. The van der Waals surface area contributed by atoms with Crippen molar-refractivity contribution in [2.45, 2.75) is 20.4 Å². The van der Waals surface area contributed by atoms with Crippen molar-refractivity contribution in [1.29, 1.82) is 5.26 Å². The third-order valence-electron chi connectivity index (χ3n) is 4.20. The van der Waals surface area contributed by atoms with E-state index in [4.69, 9.17) is 14.5 Å². The Balaban J connectivity index is 1.95. The fraction of sp³-hybridized carbons (Fsp3) is 0.263. The van der Waals surface area contributed by atoms with Gasteiger partial charge in [0.1, 0.15) is 5.82 Å². The minimum atomic E-state index is -0.114. The van der Waals surface area contributed by atoms with Gasteiger partial charge < -0.3 is 14.0 Å². The van der Waals surface area contributed by atoms with Crippen LogP contribution >= 0.6 is 0 Å². The topological polar surface area (TPSA) is 60.1 Å². The molecule has 4 rings (SSSR count). The highest BCUT2D eigenvalue weighted by atomic mass is 16.7.